The summed E-state index contributed by atoms with van der Waals surface area (Å²) in [5.74, 6) is -0.804. The molecule has 0 aliphatic rings. The molecule has 0 saturated heterocycles. The predicted octanol–water partition coefficient (Wildman–Crippen LogP) is 1.10. The standard InChI is InChI=1S/C9H3Cl4NO2.C7H10N2.CH3O.Na/c1-16-9(15)4-3(2-14)5(10)7(12)8(13)6(4)11;1-5-6(8)3-2-4-7(5)9;1-2;/h1H3;2-4H,8-9H2,1H3;1H3;/q;;-1;+1. The van der Waals surface area contributed by atoms with Gasteiger partial charge in [-0.25, -0.2) is 4.79 Å². The topological polar surface area (TPSA) is 125 Å². The van der Waals surface area contributed by atoms with Crippen molar-refractivity contribution < 1.29 is 44.2 Å². The average molecular weight is 475 g/mol. The van der Waals surface area contributed by atoms with Gasteiger partial charge in [0.1, 0.15) is 6.07 Å². The minimum absolute atomic E-state index is 0. The number of hydrogen-bond acceptors (Lipinski definition) is 6. The van der Waals surface area contributed by atoms with E-state index in [1.165, 1.54) is 0 Å². The Hall–Kier alpha value is -0.880. The zero-order valence-electron chi connectivity index (χ0n) is 15.6. The molecule has 0 aliphatic carbocycles. The Balaban J connectivity index is 0. The van der Waals surface area contributed by atoms with Crippen LogP contribution >= 0.6 is 46.4 Å². The zero-order chi connectivity index (χ0) is 21.3. The summed E-state index contributed by atoms with van der Waals surface area (Å²) in [6, 6.07) is 7.25. The summed E-state index contributed by atoms with van der Waals surface area (Å²) in [5.41, 5.74) is 13.2. The number of carbonyl (C=O) groups excluding carboxylic acids is 1. The number of esters is 1. The second kappa shape index (κ2) is 14.2. The maximum atomic E-state index is 11.4. The number of nitrogen functional groups attached to an aromatic ring is 2. The van der Waals surface area contributed by atoms with Crippen LogP contribution in [-0.2, 0) is 4.74 Å². The van der Waals surface area contributed by atoms with Crippen LogP contribution in [0.2, 0.25) is 20.1 Å². The van der Waals surface area contributed by atoms with E-state index in [1.807, 2.05) is 25.1 Å². The van der Waals surface area contributed by atoms with Gasteiger partial charge in [-0.15, -0.1) is 0 Å². The van der Waals surface area contributed by atoms with Gasteiger partial charge in [-0.3, -0.25) is 0 Å². The van der Waals surface area contributed by atoms with Crippen molar-refractivity contribution in [2.45, 2.75) is 6.92 Å². The van der Waals surface area contributed by atoms with Crippen molar-refractivity contribution in [2.24, 2.45) is 0 Å². The van der Waals surface area contributed by atoms with Gasteiger partial charge in [-0.05, 0) is 24.6 Å². The maximum Gasteiger partial charge on any atom is 1.00 e. The Bertz CT molecular complexity index is 854. The summed E-state index contributed by atoms with van der Waals surface area (Å²) in [4.78, 5) is 11.4. The van der Waals surface area contributed by atoms with E-state index in [9.17, 15) is 4.79 Å². The molecule has 4 N–H and O–H groups in total. The Morgan fingerprint density at radius 2 is 1.46 bits per heavy atom. The third-order valence-corrected chi connectivity index (χ3v) is 4.99. The van der Waals surface area contributed by atoms with Crippen LogP contribution in [0.15, 0.2) is 18.2 Å². The fourth-order valence-corrected chi connectivity index (χ4v) is 2.67. The van der Waals surface area contributed by atoms with Gasteiger partial charge < -0.3 is 21.3 Å². The normalized spacial score (nSPS) is 8.82. The van der Waals surface area contributed by atoms with Crippen molar-refractivity contribution in [3.05, 3.63) is 55.0 Å². The van der Waals surface area contributed by atoms with Crippen LogP contribution in [0.25, 0.3) is 0 Å². The van der Waals surface area contributed by atoms with Crippen molar-refractivity contribution in [1.29, 1.82) is 5.26 Å². The van der Waals surface area contributed by atoms with E-state index in [2.05, 4.69) is 4.74 Å². The molecule has 0 bridgehead atoms. The number of hydrogen-bond donors (Lipinski definition) is 2. The minimum atomic E-state index is -0.804. The summed E-state index contributed by atoms with van der Waals surface area (Å²) in [6.07, 6.45) is 0. The number of methoxy groups -OCH3 is 1. The molecule has 2 aromatic carbocycles. The second-order valence-corrected chi connectivity index (χ2v) is 6.18. The molecule has 0 amide bonds. The van der Waals surface area contributed by atoms with Gasteiger partial charge in [0.25, 0.3) is 0 Å². The number of nitrogens with zero attached hydrogens (tertiary/aromatic N) is 1. The molecule has 146 valence electrons. The van der Waals surface area contributed by atoms with Gasteiger partial charge in [0.05, 0.1) is 38.3 Å². The molecule has 0 heterocycles. The fraction of sp³-hybridized carbons (Fsp3) is 0.176. The minimum Gasteiger partial charge on any atom is -0.857 e. The quantitative estimate of drug-likeness (QED) is 0.209. The van der Waals surface area contributed by atoms with E-state index in [1.54, 1.807) is 6.07 Å². The number of anilines is 2. The summed E-state index contributed by atoms with van der Waals surface area (Å²) < 4.78 is 4.47. The van der Waals surface area contributed by atoms with Gasteiger partial charge in [0.15, 0.2) is 0 Å². The number of nitrogens with two attached hydrogens (primary N) is 2. The van der Waals surface area contributed by atoms with E-state index in [4.69, 9.17) is 68.2 Å². The first-order chi connectivity index (χ1) is 12.7. The van der Waals surface area contributed by atoms with E-state index in [0.29, 0.717) is 0 Å². The molecular formula is C17H16Cl4N3NaO3. The van der Waals surface area contributed by atoms with Crippen LogP contribution < -0.4 is 46.1 Å². The monoisotopic (exact) mass is 473 g/mol. The van der Waals surface area contributed by atoms with Gasteiger partial charge in [0.2, 0.25) is 0 Å². The molecule has 6 nitrogen and oxygen atoms in total. The molecule has 0 radical (unpaired) electrons. The average Bonchev–Trinajstić information content (AvgIpc) is 2.68. The number of rotatable bonds is 1. The number of halogens is 4. The first-order valence-electron chi connectivity index (χ1n) is 7.03. The van der Waals surface area contributed by atoms with Gasteiger partial charge in [-0.2, -0.15) is 12.4 Å². The van der Waals surface area contributed by atoms with E-state index < -0.39 is 5.97 Å². The Labute approximate surface area is 205 Å². The molecule has 0 unspecified atom stereocenters. The first-order valence-corrected chi connectivity index (χ1v) is 8.54. The van der Waals surface area contributed by atoms with Crippen LogP contribution in [0, 0.1) is 18.3 Å². The van der Waals surface area contributed by atoms with Gasteiger partial charge in [-0.1, -0.05) is 52.5 Å². The third kappa shape index (κ3) is 7.18. The molecule has 0 aromatic heterocycles. The van der Waals surface area contributed by atoms with E-state index in [-0.39, 0.29) is 60.8 Å². The molecule has 28 heavy (non-hydrogen) atoms. The maximum absolute atomic E-state index is 11.4. The summed E-state index contributed by atoms with van der Waals surface area (Å²) in [5, 5.41) is 16.7. The number of benzene rings is 2. The SMILES string of the molecule is COC(=O)c1c(Cl)c(Cl)c(Cl)c(Cl)c1C#N.C[O-].Cc1c(N)cccc1N.[Na+]. The smallest absolute Gasteiger partial charge is 0.857 e. The predicted molar refractivity (Wildman–Crippen MR) is 108 cm³/mol. The molecule has 0 spiro atoms. The Morgan fingerprint density at radius 3 is 1.82 bits per heavy atom. The molecule has 2 aromatic rings. The first kappa shape index (κ1) is 29.3. The van der Waals surface area contributed by atoms with Crippen molar-refractivity contribution in [2.75, 3.05) is 25.7 Å². The number of nitriles is 1. The molecule has 0 atom stereocenters. The third-order valence-electron chi connectivity index (χ3n) is 3.19. The zero-order valence-corrected chi connectivity index (χ0v) is 20.6. The van der Waals surface area contributed by atoms with Crippen molar-refractivity contribution >= 4 is 63.7 Å². The molecule has 2 rings (SSSR count). The van der Waals surface area contributed by atoms with E-state index >= 15 is 0 Å². The fourth-order valence-electron chi connectivity index (χ4n) is 1.70. The summed E-state index contributed by atoms with van der Waals surface area (Å²) in [6.45, 7) is 1.91. The summed E-state index contributed by atoms with van der Waals surface area (Å²) >= 11 is 23.1. The second-order valence-electron chi connectivity index (χ2n) is 4.67. The largest absolute Gasteiger partial charge is 1.00 e. The molecule has 0 aliphatic heterocycles. The van der Waals surface area contributed by atoms with Gasteiger partial charge >= 0.3 is 35.5 Å². The van der Waals surface area contributed by atoms with Crippen LogP contribution in [0.5, 0.6) is 0 Å². The van der Waals surface area contributed by atoms with Crippen molar-refractivity contribution in [3.8, 4) is 6.07 Å². The summed E-state index contributed by atoms with van der Waals surface area (Å²) in [7, 11) is 1.90. The van der Waals surface area contributed by atoms with Gasteiger partial charge in [0, 0.05) is 11.4 Å². The van der Waals surface area contributed by atoms with Crippen molar-refractivity contribution in [3.63, 3.8) is 0 Å². The van der Waals surface area contributed by atoms with Crippen LogP contribution in [-0.4, -0.2) is 20.2 Å². The van der Waals surface area contributed by atoms with Crippen LogP contribution in [0.4, 0.5) is 11.4 Å². The van der Waals surface area contributed by atoms with Crippen molar-refractivity contribution in [1.82, 2.24) is 0 Å². The molecule has 0 fully saturated rings. The Morgan fingerprint density at radius 1 is 1.04 bits per heavy atom. The Kier molecular flexibility index (Phi) is 14.8. The van der Waals surface area contributed by atoms with Crippen LogP contribution in [0.1, 0.15) is 21.5 Å². The number of ether oxygens (including phenoxy) is 1. The van der Waals surface area contributed by atoms with Crippen LogP contribution in [0.3, 0.4) is 0 Å². The molecule has 11 heteroatoms. The molecule has 0 saturated carbocycles. The molecular weight excluding hydrogens is 459 g/mol. The van der Waals surface area contributed by atoms with E-state index in [0.717, 1.165) is 31.2 Å². The number of carbonyl (C=O) groups is 1.